The zero-order valence-corrected chi connectivity index (χ0v) is 10.5. The van der Waals surface area contributed by atoms with Crippen LogP contribution in [0.25, 0.3) is 0 Å². The Morgan fingerprint density at radius 3 is 2.62 bits per heavy atom. The number of carbonyl (C=O) groups is 3. The van der Waals surface area contributed by atoms with Gasteiger partial charge < -0.3 is 0 Å². The van der Waals surface area contributed by atoms with E-state index in [0.29, 0.717) is 11.8 Å². The molecule has 4 amide bonds. The second-order valence-electron chi connectivity index (χ2n) is 3.84. The van der Waals surface area contributed by atoms with Gasteiger partial charge in [0.2, 0.25) is 11.8 Å². The standard InChI is InChI=1S/C10H16N2O3S/c1-6(16-3)4-5-12-9(14)7(2)8(13)11-10(12)15/h6-7H,4-5H2,1-3H3,(H,11,13,15). The van der Waals surface area contributed by atoms with Gasteiger partial charge >= 0.3 is 6.03 Å². The summed E-state index contributed by atoms with van der Waals surface area (Å²) in [5.74, 6) is -1.67. The van der Waals surface area contributed by atoms with Crippen LogP contribution in [-0.4, -0.2) is 40.8 Å². The zero-order chi connectivity index (χ0) is 12.3. The third-order valence-corrected chi connectivity index (χ3v) is 3.71. The van der Waals surface area contributed by atoms with Gasteiger partial charge in [-0.25, -0.2) is 4.79 Å². The van der Waals surface area contributed by atoms with Crippen molar-refractivity contribution in [3.63, 3.8) is 0 Å². The summed E-state index contributed by atoms with van der Waals surface area (Å²) < 4.78 is 0. The lowest BCUT2D eigenvalue weighted by molar-refractivity contribution is -0.141. The highest BCUT2D eigenvalue weighted by atomic mass is 32.2. The van der Waals surface area contributed by atoms with Crippen molar-refractivity contribution in [2.24, 2.45) is 5.92 Å². The van der Waals surface area contributed by atoms with E-state index in [0.717, 1.165) is 11.3 Å². The van der Waals surface area contributed by atoms with Crippen molar-refractivity contribution in [2.45, 2.75) is 25.5 Å². The molecule has 0 radical (unpaired) electrons. The van der Waals surface area contributed by atoms with Crippen molar-refractivity contribution in [2.75, 3.05) is 12.8 Å². The lowest BCUT2D eigenvalue weighted by atomic mass is 10.1. The summed E-state index contributed by atoms with van der Waals surface area (Å²) in [6, 6.07) is -0.596. The topological polar surface area (TPSA) is 66.5 Å². The molecule has 1 aliphatic rings. The summed E-state index contributed by atoms with van der Waals surface area (Å²) in [7, 11) is 0. The van der Waals surface area contributed by atoms with Gasteiger partial charge in [-0.2, -0.15) is 11.8 Å². The van der Waals surface area contributed by atoms with E-state index in [4.69, 9.17) is 0 Å². The molecule has 0 aromatic carbocycles. The Morgan fingerprint density at radius 2 is 2.06 bits per heavy atom. The van der Waals surface area contributed by atoms with E-state index in [2.05, 4.69) is 5.32 Å². The molecule has 0 bridgehead atoms. The predicted octanol–water partition coefficient (Wildman–Crippen LogP) is 0.843. The van der Waals surface area contributed by atoms with Gasteiger partial charge in [-0.15, -0.1) is 0 Å². The van der Waals surface area contributed by atoms with Crippen LogP contribution in [0, 0.1) is 5.92 Å². The van der Waals surface area contributed by atoms with Crippen molar-refractivity contribution in [3.8, 4) is 0 Å². The van der Waals surface area contributed by atoms with E-state index in [-0.39, 0.29) is 0 Å². The molecule has 2 atom stereocenters. The first-order valence-electron chi connectivity index (χ1n) is 5.16. The van der Waals surface area contributed by atoms with Crippen LogP contribution < -0.4 is 5.32 Å². The van der Waals surface area contributed by atoms with Gasteiger partial charge in [0.25, 0.3) is 0 Å². The first-order chi connectivity index (χ1) is 7.47. The smallest absolute Gasteiger partial charge is 0.277 e. The van der Waals surface area contributed by atoms with Crippen molar-refractivity contribution >= 4 is 29.6 Å². The molecule has 16 heavy (non-hydrogen) atoms. The number of barbiturate groups is 1. The number of carbonyl (C=O) groups excluding carboxylic acids is 3. The van der Waals surface area contributed by atoms with Crippen LogP contribution in [0.15, 0.2) is 0 Å². The number of urea groups is 1. The van der Waals surface area contributed by atoms with Crippen LogP contribution >= 0.6 is 11.8 Å². The largest absolute Gasteiger partial charge is 0.330 e. The number of nitrogens with zero attached hydrogens (tertiary/aromatic N) is 1. The molecule has 1 N–H and O–H groups in total. The predicted molar refractivity (Wildman–Crippen MR) is 62.0 cm³/mol. The zero-order valence-electron chi connectivity index (χ0n) is 9.65. The molecule has 2 unspecified atom stereocenters. The Hall–Kier alpha value is -1.04. The van der Waals surface area contributed by atoms with Gasteiger partial charge in [0.15, 0.2) is 0 Å². The van der Waals surface area contributed by atoms with E-state index in [1.54, 1.807) is 11.8 Å². The van der Waals surface area contributed by atoms with Crippen LogP contribution in [0.4, 0.5) is 4.79 Å². The van der Waals surface area contributed by atoms with E-state index in [9.17, 15) is 14.4 Å². The number of nitrogens with one attached hydrogen (secondary N) is 1. The van der Waals surface area contributed by atoms with Crippen molar-refractivity contribution in [1.82, 2.24) is 10.2 Å². The van der Waals surface area contributed by atoms with Crippen LogP contribution in [-0.2, 0) is 9.59 Å². The van der Waals surface area contributed by atoms with Crippen molar-refractivity contribution in [1.29, 1.82) is 0 Å². The molecule has 6 heteroatoms. The van der Waals surface area contributed by atoms with E-state index < -0.39 is 23.8 Å². The van der Waals surface area contributed by atoms with E-state index in [1.165, 1.54) is 6.92 Å². The Morgan fingerprint density at radius 1 is 1.44 bits per heavy atom. The SMILES string of the molecule is CSC(C)CCN1C(=O)NC(=O)C(C)C1=O. The number of imide groups is 2. The minimum atomic E-state index is -0.762. The first-order valence-corrected chi connectivity index (χ1v) is 6.45. The molecule has 1 aliphatic heterocycles. The monoisotopic (exact) mass is 244 g/mol. The maximum Gasteiger partial charge on any atom is 0.330 e. The van der Waals surface area contributed by atoms with Crippen LogP contribution in [0.5, 0.6) is 0 Å². The second kappa shape index (κ2) is 5.34. The minimum Gasteiger partial charge on any atom is -0.277 e. The molecule has 0 aromatic rings. The molecule has 1 saturated heterocycles. The molecule has 90 valence electrons. The van der Waals surface area contributed by atoms with Gasteiger partial charge in [-0.3, -0.25) is 19.8 Å². The lowest BCUT2D eigenvalue weighted by Gasteiger charge is -2.28. The van der Waals surface area contributed by atoms with Crippen molar-refractivity contribution < 1.29 is 14.4 Å². The Kier molecular flexibility index (Phi) is 4.35. The summed E-state index contributed by atoms with van der Waals surface area (Å²) in [4.78, 5) is 35.4. The maximum absolute atomic E-state index is 11.7. The number of hydrogen-bond acceptors (Lipinski definition) is 4. The quantitative estimate of drug-likeness (QED) is 0.744. The van der Waals surface area contributed by atoms with Gasteiger partial charge in [0, 0.05) is 11.8 Å². The molecule has 1 rings (SSSR count). The van der Waals surface area contributed by atoms with Gasteiger partial charge in [0.05, 0.1) is 0 Å². The Balaban J connectivity index is 2.61. The molecule has 0 aliphatic carbocycles. The summed E-state index contributed by atoms with van der Waals surface area (Å²) in [5.41, 5.74) is 0. The second-order valence-corrected chi connectivity index (χ2v) is 5.12. The summed E-state index contributed by atoms with van der Waals surface area (Å²) >= 11 is 1.68. The number of rotatable bonds is 4. The Bertz CT molecular complexity index is 319. The average molecular weight is 244 g/mol. The number of thioether (sulfide) groups is 1. The summed E-state index contributed by atoms with van der Waals surface area (Å²) in [5, 5.41) is 2.55. The maximum atomic E-state index is 11.7. The fraction of sp³-hybridized carbons (Fsp3) is 0.700. The van der Waals surface area contributed by atoms with Crippen molar-refractivity contribution in [3.05, 3.63) is 0 Å². The van der Waals surface area contributed by atoms with Crippen LogP contribution in [0.3, 0.4) is 0 Å². The van der Waals surface area contributed by atoms with Gasteiger partial charge in [-0.1, -0.05) is 6.92 Å². The third-order valence-electron chi connectivity index (χ3n) is 2.67. The minimum absolute atomic E-state index is 0.365. The highest BCUT2D eigenvalue weighted by Gasteiger charge is 2.37. The average Bonchev–Trinajstić information content (AvgIpc) is 2.25. The molecular weight excluding hydrogens is 228 g/mol. The Labute approximate surface area is 98.9 Å². The molecule has 1 heterocycles. The molecule has 0 aromatic heterocycles. The third kappa shape index (κ3) is 2.75. The number of hydrogen-bond donors (Lipinski definition) is 1. The van der Waals surface area contributed by atoms with Crippen LogP contribution in [0.2, 0.25) is 0 Å². The van der Waals surface area contributed by atoms with E-state index in [1.807, 2.05) is 13.2 Å². The molecule has 1 fully saturated rings. The fourth-order valence-electron chi connectivity index (χ4n) is 1.37. The van der Waals surface area contributed by atoms with E-state index >= 15 is 0 Å². The number of amides is 4. The molecular formula is C10H16N2O3S. The normalized spacial score (nSPS) is 23.3. The first kappa shape index (κ1) is 13.0. The molecule has 5 nitrogen and oxygen atoms in total. The van der Waals surface area contributed by atoms with Gasteiger partial charge in [0.1, 0.15) is 5.92 Å². The highest BCUT2D eigenvalue weighted by molar-refractivity contribution is 7.99. The van der Waals surface area contributed by atoms with Crippen LogP contribution in [0.1, 0.15) is 20.3 Å². The highest BCUT2D eigenvalue weighted by Crippen LogP contribution is 2.14. The lowest BCUT2D eigenvalue weighted by Crippen LogP contribution is -2.57. The molecule has 0 saturated carbocycles. The van der Waals surface area contributed by atoms with Gasteiger partial charge in [-0.05, 0) is 19.6 Å². The molecule has 0 spiro atoms. The summed E-state index contributed by atoms with van der Waals surface area (Å²) in [6.45, 7) is 3.91. The fourth-order valence-corrected chi connectivity index (χ4v) is 1.71. The summed E-state index contributed by atoms with van der Waals surface area (Å²) in [6.07, 6.45) is 2.72.